The van der Waals surface area contributed by atoms with Gasteiger partial charge in [0, 0.05) is 19.6 Å². The van der Waals surface area contributed by atoms with E-state index < -0.39 is 0 Å². The Morgan fingerprint density at radius 1 is 1.61 bits per heavy atom. The van der Waals surface area contributed by atoms with Gasteiger partial charge in [-0.15, -0.1) is 0 Å². The van der Waals surface area contributed by atoms with Crippen molar-refractivity contribution >= 4 is 5.78 Å². The quantitative estimate of drug-likeness (QED) is 0.753. The second kappa shape index (κ2) is 6.00. The van der Waals surface area contributed by atoms with Gasteiger partial charge in [-0.2, -0.15) is 5.10 Å². The molecule has 0 bridgehead atoms. The topological polar surface area (TPSA) is 53.4 Å². The average molecular weight is 252 g/mol. The molecule has 2 heterocycles. The fourth-order valence-corrected chi connectivity index (χ4v) is 2.31. The second-order valence-electron chi connectivity index (χ2n) is 4.49. The molecular formula is C13H20N2O3. The van der Waals surface area contributed by atoms with Crippen molar-refractivity contribution in [2.45, 2.75) is 45.3 Å². The Kier molecular flexibility index (Phi) is 4.36. The second-order valence-corrected chi connectivity index (χ2v) is 4.49. The zero-order valence-corrected chi connectivity index (χ0v) is 11.0. The van der Waals surface area contributed by atoms with Crippen LogP contribution in [0.2, 0.25) is 0 Å². The van der Waals surface area contributed by atoms with Gasteiger partial charge in [0.1, 0.15) is 5.69 Å². The molecule has 0 spiro atoms. The minimum atomic E-state index is 0.0520. The van der Waals surface area contributed by atoms with Crippen molar-refractivity contribution < 1.29 is 14.3 Å². The minimum Gasteiger partial charge on any atom is -0.493 e. The monoisotopic (exact) mass is 252 g/mol. The minimum absolute atomic E-state index is 0.0520. The first-order valence-electron chi connectivity index (χ1n) is 6.50. The number of Topliss-reactive ketones (excluding diaryl/α,β-unsaturated/α-hetero) is 1. The average Bonchev–Trinajstić information content (AvgIpc) is 2.82. The summed E-state index contributed by atoms with van der Waals surface area (Å²) >= 11 is 0. The molecule has 0 amide bonds. The normalized spacial score (nSPS) is 19.8. The van der Waals surface area contributed by atoms with Crippen LogP contribution in [0, 0.1) is 0 Å². The fourth-order valence-electron chi connectivity index (χ4n) is 2.31. The van der Waals surface area contributed by atoms with E-state index >= 15 is 0 Å². The first kappa shape index (κ1) is 13.1. The SMILES string of the molecule is CCn1ncc(OC)c1C(=O)CC1CCCCO1. The van der Waals surface area contributed by atoms with Gasteiger partial charge < -0.3 is 9.47 Å². The van der Waals surface area contributed by atoms with Gasteiger partial charge in [-0.1, -0.05) is 0 Å². The third-order valence-corrected chi connectivity index (χ3v) is 3.28. The van der Waals surface area contributed by atoms with Gasteiger partial charge in [-0.25, -0.2) is 0 Å². The number of ketones is 1. The maximum absolute atomic E-state index is 12.3. The first-order valence-corrected chi connectivity index (χ1v) is 6.50. The summed E-state index contributed by atoms with van der Waals surface area (Å²) < 4.78 is 12.5. The molecule has 0 aliphatic carbocycles. The van der Waals surface area contributed by atoms with Crippen LogP contribution in [0.15, 0.2) is 6.20 Å². The van der Waals surface area contributed by atoms with Crippen LogP contribution in [-0.2, 0) is 11.3 Å². The van der Waals surface area contributed by atoms with Crippen LogP contribution in [0.3, 0.4) is 0 Å². The molecule has 1 saturated heterocycles. The number of methoxy groups -OCH3 is 1. The standard InChI is InChI=1S/C13H20N2O3/c1-3-15-13(12(17-2)9-14-15)11(16)8-10-6-4-5-7-18-10/h9-10H,3-8H2,1-2H3. The summed E-state index contributed by atoms with van der Waals surface area (Å²) in [6, 6.07) is 0. The first-order chi connectivity index (χ1) is 8.76. The number of aryl methyl sites for hydroxylation is 1. The van der Waals surface area contributed by atoms with Gasteiger partial charge in [0.2, 0.25) is 0 Å². The molecule has 1 atom stereocenters. The third-order valence-electron chi connectivity index (χ3n) is 3.28. The van der Waals surface area contributed by atoms with Gasteiger partial charge in [-0.3, -0.25) is 9.48 Å². The molecule has 1 aromatic rings. The Morgan fingerprint density at radius 2 is 2.44 bits per heavy atom. The highest BCUT2D eigenvalue weighted by Crippen LogP contribution is 2.23. The van der Waals surface area contributed by atoms with Gasteiger partial charge in [-0.05, 0) is 26.2 Å². The molecule has 1 aromatic heterocycles. The Bertz CT molecular complexity index is 387. The van der Waals surface area contributed by atoms with Crippen LogP contribution in [0.1, 0.15) is 43.1 Å². The van der Waals surface area contributed by atoms with Crippen molar-refractivity contribution in [2.75, 3.05) is 13.7 Å². The Morgan fingerprint density at radius 3 is 3.06 bits per heavy atom. The molecular weight excluding hydrogens is 232 g/mol. The van der Waals surface area contributed by atoms with Crippen molar-refractivity contribution in [3.05, 3.63) is 11.9 Å². The molecule has 5 nitrogen and oxygen atoms in total. The highest BCUT2D eigenvalue weighted by Gasteiger charge is 2.24. The molecule has 1 fully saturated rings. The van der Waals surface area contributed by atoms with Crippen LogP contribution in [0.25, 0.3) is 0 Å². The number of nitrogens with zero attached hydrogens (tertiary/aromatic N) is 2. The molecule has 1 aliphatic heterocycles. The van der Waals surface area contributed by atoms with Crippen molar-refractivity contribution in [1.82, 2.24) is 9.78 Å². The number of hydrogen-bond acceptors (Lipinski definition) is 4. The lowest BCUT2D eigenvalue weighted by atomic mass is 10.0. The number of hydrogen-bond donors (Lipinski definition) is 0. The van der Waals surface area contributed by atoms with E-state index in [1.54, 1.807) is 18.0 Å². The van der Waals surface area contributed by atoms with E-state index in [-0.39, 0.29) is 11.9 Å². The number of aromatic nitrogens is 2. The number of carbonyl (C=O) groups excluding carboxylic acids is 1. The lowest BCUT2D eigenvalue weighted by Gasteiger charge is -2.22. The summed E-state index contributed by atoms with van der Waals surface area (Å²) in [4.78, 5) is 12.3. The van der Waals surface area contributed by atoms with Crippen LogP contribution in [0.4, 0.5) is 0 Å². The summed E-state index contributed by atoms with van der Waals surface area (Å²) in [5.74, 6) is 0.607. The van der Waals surface area contributed by atoms with Crippen molar-refractivity contribution in [1.29, 1.82) is 0 Å². The summed E-state index contributed by atoms with van der Waals surface area (Å²) in [6.07, 6.45) is 5.27. The Hall–Kier alpha value is -1.36. The molecule has 0 N–H and O–H groups in total. The number of ether oxygens (including phenoxy) is 2. The highest BCUT2D eigenvalue weighted by molar-refractivity contribution is 5.97. The molecule has 0 saturated carbocycles. The summed E-state index contributed by atoms with van der Waals surface area (Å²) in [5, 5.41) is 4.15. The molecule has 1 unspecified atom stereocenters. The lowest BCUT2D eigenvalue weighted by Crippen LogP contribution is -2.24. The maximum Gasteiger partial charge on any atom is 0.187 e. The van der Waals surface area contributed by atoms with E-state index in [1.165, 1.54) is 0 Å². The van der Waals surface area contributed by atoms with E-state index in [9.17, 15) is 4.79 Å². The maximum atomic E-state index is 12.3. The van der Waals surface area contributed by atoms with E-state index in [4.69, 9.17) is 9.47 Å². The third kappa shape index (κ3) is 2.72. The molecule has 2 rings (SSSR count). The van der Waals surface area contributed by atoms with Gasteiger partial charge >= 0.3 is 0 Å². The molecule has 18 heavy (non-hydrogen) atoms. The van der Waals surface area contributed by atoms with Crippen molar-refractivity contribution in [3.8, 4) is 5.75 Å². The summed E-state index contributed by atoms with van der Waals surface area (Å²) in [6.45, 7) is 3.39. The van der Waals surface area contributed by atoms with Crippen LogP contribution in [-0.4, -0.2) is 35.4 Å². The molecule has 100 valence electrons. The van der Waals surface area contributed by atoms with E-state index in [0.29, 0.717) is 24.4 Å². The van der Waals surface area contributed by atoms with E-state index in [1.807, 2.05) is 6.92 Å². The van der Waals surface area contributed by atoms with Gasteiger partial charge in [0.05, 0.1) is 19.4 Å². The lowest BCUT2D eigenvalue weighted by molar-refractivity contribution is 0.0126. The zero-order chi connectivity index (χ0) is 13.0. The van der Waals surface area contributed by atoms with Gasteiger partial charge in [0.15, 0.2) is 11.5 Å². The Labute approximate surface area is 107 Å². The van der Waals surface area contributed by atoms with E-state index in [0.717, 1.165) is 25.9 Å². The number of carbonyl (C=O) groups is 1. The molecule has 0 aromatic carbocycles. The van der Waals surface area contributed by atoms with Gasteiger partial charge in [0.25, 0.3) is 0 Å². The van der Waals surface area contributed by atoms with Crippen LogP contribution in [0.5, 0.6) is 5.75 Å². The molecule has 0 radical (unpaired) electrons. The Balaban J connectivity index is 2.09. The van der Waals surface area contributed by atoms with E-state index in [2.05, 4.69) is 5.10 Å². The smallest absolute Gasteiger partial charge is 0.187 e. The predicted octanol–water partition coefficient (Wildman–Crippen LogP) is 2.05. The number of rotatable bonds is 5. The predicted molar refractivity (Wildman–Crippen MR) is 67.0 cm³/mol. The molecule has 5 heteroatoms. The van der Waals surface area contributed by atoms with Crippen LogP contribution >= 0.6 is 0 Å². The fraction of sp³-hybridized carbons (Fsp3) is 0.692. The summed E-state index contributed by atoms with van der Waals surface area (Å²) in [5.41, 5.74) is 0.564. The van der Waals surface area contributed by atoms with Crippen molar-refractivity contribution in [3.63, 3.8) is 0 Å². The van der Waals surface area contributed by atoms with Crippen LogP contribution < -0.4 is 4.74 Å². The van der Waals surface area contributed by atoms with Crippen molar-refractivity contribution in [2.24, 2.45) is 0 Å². The highest BCUT2D eigenvalue weighted by atomic mass is 16.5. The zero-order valence-electron chi connectivity index (χ0n) is 11.0. The summed E-state index contributed by atoms with van der Waals surface area (Å²) in [7, 11) is 1.56. The molecule has 1 aliphatic rings. The largest absolute Gasteiger partial charge is 0.493 e.